The Kier molecular flexibility index (Phi) is 4.73. The fourth-order valence-corrected chi connectivity index (χ4v) is 0.729. The smallest absolute Gasteiger partial charge is 0.0108 e. The largest absolute Gasteiger partial charge is 0.0651 e. The van der Waals surface area contributed by atoms with E-state index < -0.39 is 0 Å². The third-order valence-corrected chi connectivity index (χ3v) is 1.10. The minimum atomic E-state index is 0.912. The molecule has 0 atom stereocenters. The Morgan fingerprint density at radius 3 is 1.75 bits per heavy atom. The highest BCUT2D eigenvalue weighted by Crippen LogP contribution is 2.07. The van der Waals surface area contributed by atoms with E-state index in [9.17, 15) is 0 Å². The van der Waals surface area contributed by atoms with Gasteiger partial charge in [-0.3, -0.25) is 0 Å². The predicted molar refractivity (Wildman–Crippen MR) is 36.6 cm³/mol. The quantitative estimate of drug-likeness (QED) is 0.522. The van der Waals surface area contributed by atoms with E-state index in [1.54, 1.807) is 0 Å². The van der Waals surface area contributed by atoms with Crippen LogP contribution in [0.15, 0.2) is 5.57 Å². The fourth-order valence-electron chi connectivity index (χ4n) is 0.729. The zero-order chi connectivity index (χ0) is 6.41. The molecule has 0 N–H and O–H groups in total. The van der Waals surface area contributed by atoms with Crippen molar-refractivity contribution >= 4 is 0 Å². The first kappa shape index (κ1) is 7.74. The third kappa shape index (κ3) is 3.91. The second kappa shape index (κ2) is 4.89. The second-order valence-corrected chi connectivity index (χ2v) is 2.10. The van der Waals surface area contributed by atoms with Crippen molar-refractivity contribution in [3.05, 3.63) is 12.2 Å². The zero-order valence-electron chi connectivity index (χ0n) is 5.83. The van der Waals surface area contributed by atoms with Crippen LogP contribution in [0, 0.1) is 6.58 Å². The first-order valence-corrected chi connectivity index (χ1v) is 3.37. The Hall–Kier alpha value is -0.260. The van der Waals surface area contributed by atoms with Gasteiger partial charge in [0.2, 0.25) is 0 Å². The summed E-state index contributed by atoms with van der Waals surface area (Å²) in [5.74, 6) is 0. The second-order valence-electron chi connectivity index (χ2n) is 2.10. The lowest BCUT2D eigenvalue weighted by Crippen LogP contribution is -1.77. The summed E-state index contributed by atoms with van der Waals surface area (Å²) in [7, 11) is 0. The van der Waals surface area contributed by atoms with Crippen molar-refractivity contribution in [1.29, 1.82) is 0 Å². The van der Waals surface area contributed by atoms with Gasteiger partial charge in [-0.15, -0.1) is 0 Å². The highest BCUT2D eigenvalue weighted by Gasteiger charge is 1.88. The molecule has 46 valence electrons. The summed E-state index contributed by atoms with van der Waals surface area (Å²) in [5, 5.41) is 0. The van der Waals surface area contributed by atoms with E-state index >= 15 is 0 Å². The highest BCUT2D eigenvalue weighted by molar-refractivity contribution is 4.89. The number of hydrogen-bond acceptors (Lipinski definition) is 0. The normalized spacial score (nSPS) is 9.25. The van der Waals surface area contributed by atoms with Gasteiger partial charge in [-0.05, 0) is 19.4 Å². The first-order valence-electron chi connectivity index (χ1n) is 3.37. The van der Waals surface area contributed by atoms with Crippen molar-refractivity contribution in [3.63, 3.8) is 0 Å². The van der Waals surface area contributed by atoms with Crippen molar-refractivity contribution in [1.82, 2.24) is 0 Å². The van der Waals surface area contributed by atoms with Crippen LogP contribution in [0.3, 0.4) is 0 Å². The molecule has 0 aliphatic heterocycles. The van der Waals surface area contributed by atoms with Gasteiger partial charge in [0.05, 0.1) is 0 Å². The molecule has 0 bridgehead atoms. The topological polar surface area (TPSA) is 0 Å². The molecule has 0 saturated carbocycles. The summed E-state index contributed by atoms with van der Waals surface area (Å²) in [6, 6.07) is 0. The standard InChI is InChI=1S/C8H14/c1-4-6-8(3)7-5-2/h4-7H2,1-2H3. The summed E-state index contributed by atoms with van der Waals surface area (Å²) in [6.45, 7) is 11.5. The van der Waals surface area contributed by atoms with Crippen LogP contribution in [0.5, 0.6) is 0 Å². The summed E-state index contributed by atoms with van der Waals surface area (Å²) in [5.41, 5.74) is 0.912. The van der Waals surface area contributed by atoms with Crippen LogP contribution in [0.1, 0.15) is 39.5 Å². The van der Waals surface area contributed by atoms with Gasteiger partial charge in [0.1, 0.15) is 0 Å². The SMILES string of the molecule is [C]=C(CCC)CCC. The molecule has 0 aromatic heterocycles. The van der Waals surface area contributed by atoms with Gasteiger partial charge in [0.25, 0.3) is 0 Å². The van der Waals surface area contributed by atoms with Crippen molar-refractivity contribution in [2.75, 3.05) is 0 Å². The molecular formula is C8H14. The minimum Gasteiger partial charge on any atom is -0.0651 e. The molecule has 2 radical (unpaired) electrons. The molecule has 8 heavy (non-hydrogen) atoms. The van der Waals surface area contributed by atoms with E-state index in [1.165, 1.54) is 0 Å². The molecule has 0 saturated heterocycles. The van der Waals surface area contributed by atoms with Crippen LogP contribution in [0.4, 0.5) is 0 Å². The lowest BCUT2D eigenvalue weighted by molar-refractivity contribution is 0.805. The van der Waals surface area contributed by atoms with Crippen LogP contribution in [-0.4, -0.2) is 0 Å². The van der Waals surface area contributed by atoms with Gasteiger partial charge in [-0.1, -0.05) is 32.3 Å². The van der Waals surface area contributed by atoms with Crippen LogP contribution in [-0.2, 0) is 0 Å². The lowest BCUT2D eigenvalue weighted by Gasteiger charge is -1.96. The molecule has 0 amide bonds. The molecule has 0 fully saturated rings. The van der Waals surface area contributed by atoms with Crippen LogP contribution in [0.2, 0.25) is 0 Å². The lowest BCUT2D eigenvalue weighted by atomic mass is 10.1. The maximum absolute atomic E-state index is 7.29. The van der Waals surface area contributed by atoms with Gasteiger partial charge in [0.15, 0.2) is 0 Å². The van der Waals surface area contributed by atoms with Gasteiger partial charge in [-0.2, -0.15) is 0 Å². The molecular weight excluding hydrogens is 96.1 g/mol. The average molecular weight is 110 g/mol. The van der Waals surface area contributed by atoms with Crippen LogP contribution in [0.25, 0.3) is 0 Å². The first-order chi connectivity index (χ1) is 3.81. The molecule has 0 rings (SSSR count). The Balaban J connectivity index is 3.06. The van der Waals surface area contributed by atoms with Crippen LogP contribution >= 0.6 is 0 Å². The van der Waals surface area contributed by atoms with Gasteiger partial charge >= 0.3 is 0 Å². The maximum atomic E-state index is 7.29. The summed E-state index contributed by atoms with van der Waals surface area (Å²) in [6.07, 6.45) is 4.24. The van der Waals surface area contributed by atoms with E-state index in [1.807, 2.05) is 0 Å². The van der Waals surface area contributed by atoms with E-state index in [0.29, 0.717) is 0 Å². The van der Waals surface area contributed by atoms with E-state index in [-0.39, 0.29) is 0 Å². The van der Waals surface area contributed by atoms with Crippen molar-refractivity contribution in [2.24, 2.45) is 0 Å². The van der Waals surface area contributed by atoms with E-state index in [4.69, 9.17) is 6.58 Å². The van der Waals surface area contributed by atoms with Gasteiger partial charge in [-0.25, -0.2) is 0 Å². The molecule has 0 aromatic carbocycles. The zero-order valence-corrected chi connectivity index (χ0v) is 5.83. The Morgan fingerprint density at radius 1 is 1.12 bits per heavy atom. The highest BCUT2D eigenvalue weighted by atomic mass is 13.9. The van der Waals surface area contributed by atoms with E-state index in [0.717, 1.165) is 31.3 Å². The van der Waals surface area contributed by atoms with Crippen molar-refractivity contribution < 1.29 is 0 Å². The number of rotatable bonds is 4. The molecule has 0 unspecified atom stereocenters. The molecule has 0 aliphatic carbocycles. The number of allylic oxidation sites excluding steroid dienone is 1. The third-order valence-electron chi connectivity index (χ3n) is 1.10. The molecule has 0 heteroatoms. The predicted octanol–water partition coefficient (Wildman–Crippen LogP) is 2.82. The Bertz CT molecular complexity index is 54.4. The van der Waals surface area contributed by atoms with Gasteiger partial charge in [0, 0.05) is 0 Å². The monoisotopic (exact) mass is 110 g/mol. The Labute approximate surface area is 52.6 Å². The molecule has 0 heterocycles. The van der Waals surface area contributed by atoms with Crippen LogP contribution < -0.4 is 0 Å². The molecule has 0 spiro atoms. The summed E-state index contributed by atoms with van der Waals surface area (Å²) >= 11 is 0. The van der Waals surface area contributed by atoms with Gasteiger partial charge < -0.3 is 0 Å². The summed E-state index contributed by atoms with van der Waals surface area (Å²) < 4.78 is 0. The van der Waals surface area contributed by atoms with Crippen molar-refractivity contribution in [2.45, 2.75) is 39.5 Å². The average Bonchev–Trinajstić information content (AvgIpc) is 1.68. The Morgan fingerprint density at radius 2 is 1.50 bits per heavy atom. The maximum Gasteiger partial charge on any atom is -0.0108 e. The fraction of sp³-hybridized carbons (Fsp3) is 0.750. The molecule has 0 aliphatic rings. The van der Waals surface area contributed by atoms with E-state index in [2.05, 4.69) is 13.8 Å². The minimum absolute atomic E-state index is 0.912. The summed E-state index contributed by atoms with van der Waals surface area (Å²) in [4.78, 5) is 0. The molecule has 0 aromatic rings. The molecule has 0 nitrogen and oxygen atoms in total. The number of hydrogen-bond donors (Lipinski definition) is 0. The van der Waals surface area contributed by atoms with Crippen molar-refractivity contribution in [3.8, 4) is 0 Å².